The van der Waals surface area contributed by atoms with E-state index >= 15 is 0 Å². The lowest BCUT2D eigenvalue weighted by molar-refractivity contribution is -0.280. The molecule has 3 aliphatic rings. The largest absolute Gasteiger partial charge is 0.481 e. The highest BCUT2D eigenvalue weighted by Gasteiger charge is 2.70. The highest BCUT2D eigenvalue weighted by molar-refractivity contribution is 5.76. The van der Waals surface area contributed by atoms with Gasteiger partial charge in [-0.05, 0) is 38.5 Å². The molecule has 1 N–H and O–H groups in total. The van der Waals surface area contributed by atoms with Gasteiger partial charge in [0.25, 0.3) is 0 Å². The topological polar surface area (TPSA) is 72.8 Å². The Kier molecular flexibility index (Phi) is 4.36. The SMILES string of the molecule is CC(=O)C[C@@H]1O[C@@]2(CC[C@](C)(CC(=O)O)O2)[C@]2(C)CCCC(C)(C)[C@@H]12. The van der Waals surface area contributed by atoms with Crippen LogP contribution in [0.3, 0.4) is 0 Å². The monoisotopic (exact) mass is 352 g/mol. The number of carbonyl (C=O) groups is 2. The van der Waals surface area contributed by atoms with Gasteiger partial charge in [0.2, 0.25) is 0 Å². The van der Waals surface area contributed by atoms with E-state index in [1.165, 1.54) is 0 Å². The highest BCUT2D eigenvalue weighted by atomic mass is 16.7. The second-order valence-corrected chi connectivity index (χ2v) is 9.68. The summed E-state index contributed by atoms with van der Waals surface area (Å²) in [6, 6.07) is 0. The molecule has 2 aliphatic heterocycles. The minimum Gasteiger partial charge on any atom is -0.481 e. The van der Waals surface area contributed by atoms with Crippen LogP contribution in [-0.2, 0) is 19.1 Å². The average Bonchev–Trinajstić information content (AvgIpc) is 2.85. The predicted molar refractivity (Wildman–Crippen MR) is 93.1 cm³/mol. The number of Topliss-reactive ketones (excluding diaryl/α,β-unsaturated/α-hetero) is 1. The molecule has 1 spiro atoms. The number of carbonyl (C=O) groups excluding carboxylic acids is 1. The van der Waals surface area contributed by atoms with Crippen LogP contribution < -0.4 is 0 Å². The molecule has 142 valence electrons. The second-order valence-electron chi connectivity index (χ2n) is 9.68. The van der Waals surface area contributed by atoms with Crippen molar-refractivity contribution in [2.24, 2.45) is 16.7 Å². The number of hydrogen-bond acceptors (Lipinski definition) is 4. The van der Waals surface area contributed by atoms with Gasteiger partial charge in [0, 0.05) is 24.2 Å². The minimum absolute atomic E-state index is 0.0143. The normalized spacial score (nSPS) is 45.5. The Bertz CT molecular complexity index is 585. The van der Waals surface area contributed by atoms with Crippen molar-refractivity contribution in [3.63, 3.8) is 0 Å². The fourth-order valence-electron chi connectivity index (χ4n) is 6.17. The third-order valence-corrected chi connectivity index (χ3v) is 7.04. The molecule has 0 aromatic heterocycles. The van der Waals surface area contributed by atoms with Crippen molar-refractivity contribution >= 4 is 11.8 Å². The van der Waals surface area contributed by atoms with Crippen molar-refractivity contribution < 1.29 is 24.2 Å². The Hall–Kier alpha value is -0.940. The fourth-order valence-corrected chi connectivity index (χ4v) is 6.17. The molecule has 3 rings (SSSR count). The van der Waals surface area contributed by atoms with Crippen molar-refractivity contribution in [3.8, 4) is 0 Å². The summed E-state index contributed by atoms with van der Waals surface area (Å²) in [6.07, 6.45) is 4.85. The summed E-state index contributed by atoms with van der Waals surface area (Å²) in [6.45, 7) is 10.3. The Morgan fingerprint density at radius 2 is 1.76 bits per heavy atom. The summed E-state index contributed by atoms with van der Waals surface area (Å²) in [4.78, 5) is 23.1. The zero-order valence-corrected chi connectivity index (χ0v) is 16.2. The summed E-state index contributed by atoms with van der Waals surface area (Å²) in [5, 5.41) is 9.26. The Labute approximate surface area is 150 Å². The Balaban J connectivity index is 1.98. The summed E-state index contributed by atoms with van der Waals surface area (Å²) in [5.74, 6) is -1.23. The summed E-state index contributed by atoms with van der Waals surface area (Å²) >= 11 is 0. The predicted octanol–water partition coefficient (Wildman–Crippen LogP) is 3.94. The van der Waals surface area contributed by atoms with Gasteiger partial charge in [-0.3, -0.25) is 9.59 Å². The summed E-state index contributed by atoms with van der Waals surface area (Å²) < 4.78 is 13.0. The van der Waals surface area contributed by atoms with Crippen LogP contribution in [0.5, 0.6) is 0 Å². The standard InChI is InChI=1S/C20H32O5/c1-13(21)11-14-16-17(2,3)7-6-8-19(16,5)20(24-14)10-9-18(4,25-20)12-15(22)23/h14,16H,6-12H2,1-5H3,(H,22,23)/t14-,16+,18+,19+,20+/m0/s1. The van der Waals surface area contributed by atoms with Crippen LogP contribution in [0, 0.1) is 16.7 Å². The number of fused-ring (bicyclic) bond motifs is 2. The number of aliphatic carboxylic acids is 1. The molecule has 2 saturated heterocycles. The van der Waals surface area contributed by atoms with Gasteiger partial charge in [-0.15, -0.1) is 0 Å². The molecule has 25 heavy (non-hydrogen) atoms. The maximum absolute atomic E-state index is 11.9. The molecule has 5 heteroatoms. The minimum atomic E-state index is -0.844. The van der Waals surface area contributed by atoms with Gasteiger partial charge >= 0.3 is 5.97 Å². The lowest BCUT2D eigenvalue weighted by Crippen LogP contribution is -2.52. The van der Waals surface area contributed by atoms with Crippen LogP contribution in [0.1, 0.15) is 79.6 Å². The molecule has 1 saturated carbocycles. The van der Waals surface area contributed by atoms with Crippen molar-refractivity contribution in [3.05, 3.63) is 0 Å². The maximum atomic E-state index is 11.9. The number of carboxylic acid groups (broad SMARTS) is 1. The van der Waals surface area contributed by atoms with E-state index in [4.69, 9.17) is 9.47 Å². The molecule has 2 heterocycles. The molecule has 5 nitrogen and oxygen atoms in total. The van der Waals surface area contributed by atoms with E-state index in [-0.39, 0.29) is 35.1 Å². The molecular formula is C20H32O5. The molecule has 0 radical (unpaired) electrons. The van der Waals surface area contributed by atoms with Gasteiger partial charge < -0.3 is 14.6 Å². The van der Waals surface area contributed by atoms with Gasteiger partial charge in [0.05, 0.1) is 18.1 Å². The molecule has 3 fully saturated rings. The number of ketones is 1. The first kappa shape index (κ1) is 18.8. The number of rotatable bonds is 4. The van der Waals surface area contributed by atoms with Gasteiger partial charge in [0.15, 0.2) is 5.79 Å². The Morgan fingerprint density at radius 3 is 2.36 bits per heavy atom. The molecular weight excluding hydrogens is 320 g/mol. The van der Waals surface area contributed by atoms with Gasteiger partial charge in [-0.2, -0.15) is 0 Å². The highest BCUT2D eigenvalue weighted by Crippen LogP contribution is 2.68. The molecule has 0 unspecified atom stereocenters. The number of hydrogen-bond donors (Lipinski definition) is 1. The summed E-state index contributed by atoms with van der Waals surface area (Å²) in [7, 11) is 0. The third-order valence-electron chi connectivity index (χ3n) is 7.04. The van der Waals surface area contributed by atoms with Crippen LogP contribution in [0.4, 0.5) is 0 Å². The zero-order chi connectivity index (χ0) is 18.7. The first-order valence-electron chi connectivity index (χ1n) is 9.52. The van der Waals surface area contributed by atoms with Crippen molar-refractivity contribution in [1.82, 2.24) is 0 Å². The van der Waals surface area contributed by atoms with Gasteiger partial charge in [0.1, 0.15) is 5.78 Å². The average molecular weight is 352 g/mol. The number of ether oxygens (including phenoxy) is 2. The quantitative estimate of drug-likeness (QED) is 0.830. The van der Waals surface area contributed by atoms with E-state index in [0.29, 0.717) is 19.3 Å². The van der Waals surface area contributed by atoms with Crippen molar-refractivity contribution in [2.75, 3.05) is 0 Å². The van der Waals surface area contributed by atoms with E-state index in [0.717, 1.165) is 19.3 Å². The van der Waals surface area contributed by atoms with Crippen molar-refractivity contribution in [2.45, 2.75) is 97.1 Å². The van der Waals surface area contributed by atoms with Crippen molar-refractivity contribution in [1.29, 1.82) is 0 Å². The van der Waals surface area contributed by atoms with E-state index < -0.39 is 17.4 Å². The third kappa shape index (κ3) is 2.93. The molecule has 0 aromatic carbocycles. The lowest BCUT2D eigenvalue weighted by Gasteiger charge is -2.51. The van der Waals surface area contributed by atoms with Crippen LogP contribution >= 0.6 is 0 Å². The molecule has 0 bridgehead atoms. The van der Waals surface area contributed by atoms with E-state index in [2.05, 4.69) is 20.8 Å². The Morgan fingerprint density at radius 1 is 1.08 bits per heavy atom. The first-order chi connectivity index (χ1) is 11.4. The second kappa shape index (κ2) is 5.78. The maximum Gasteiger partial charge on any atom is 0.306 e. The summed E-state index contributed by atoms with van der Waals surface area (Å²) in [5.41, 5.74) is -0.816. The molecule has 5 atom stereocenters. The van der Waals surface area contributed by atoms with Gasteiger partial charge in [-0.25, -0.2) is 0 Å². The fraction of sp³-hybridized carbons (Fsp3) is 0.900. The molecule has 1 aliphatic carbocycles. The first-order valence-corrected chi connectivity index (χ1v) is 9.52. The van der Waals surface area contributed by atoms with Crippen LogP contribution in [-0.4, -0.2) is 34.4 Å². The van der Waals surface area contributed by atoms with Gasteiger partial charge in [-0.1, -0.05) is 27.2 Å². The van der Waals surface area contributed by atoms with Crippen LogP contribution in [0.2, 0.25) is 0 Å². The van der Waals surface area contributed by atoms with E-state index in [1.54, 1.807) is 6.92 Å². The lowest BCUT2D eigenvalue weighted by atomic mass is 9.53. The number of carboxylic acids is 1. The molecule has 0 amide bonds. The van der Waals surface area contributed by atoms with Crippen LogP contribution in [0.15, 0.2) is 0 Å². The van der Waals surface area contributed by atoms with E-state index in [1.807, 2.05) is 6.92 Å². The van der Waals surface area contributed by atoms with E-state index in [9.17, 15) is 14.7 Å². The molecule has 0 aromatic rings. The zero-order valence-electron chi connectivity index (χ0n) is 16.2. The smallest absolute Gasteiger partial charge is 0.306 e. The van der Waals surface area contributed by atoms with Crippen LogP contribution in [0.25, 0.3) is 0 Å².